The van der Waals surface area contributed by atoms with Crippen LogP contribution in [0.1, 0.15) is 20.8 Å². The van der Waals surface area contributed by atoms with Gasteiger partial charge in [0.15, 0.2) is 5.65 Å². The summed E-state index contributed by atoms with van der Waals surface area (Å²) >= 11 is 0. The molecule has 0 amide bonds. The molecule has 0 aromatic carbocycles. The van der Waals surface area contributed by atoms with Gasteiger partial charge >= 0.3 is 0 Å². The monoisotopic (exact) mass is 219 g/mol. The lowest BCUT2D eigenvalue weighted by Crippen LogP contribution is -2.23. The van der Waals surface area contributed by atoms with Gasteiger partial charge in [-0.25, -0.2) is 14.6 Å². The highest BCUT2D eigenvalue weighted by Crippen LogP contribution is 2.21. The molecule has 2 rings (SSSR count). The molecule has 0 saturated heterocycles. The minimum absolute atomic E-state index is 0.832. The van der Waals surface area contributed by atoms with Gasteiger partial charge in [0, 0.05) is 19.6 Å². The molecule has 86 valence electrons. The van der Waals surface area contributed by atoms with Crippen LogP contribution in [0.25, 0.3) is 11.0 Å². The second-order valence-electron chi connectivity index (χ2n) is 3.57. The maximum Gasteiger partial charge on any atom is 0.163 e. The van der Waals surface area contributed by atoms with Gasteiger partial charge in [-0.05, 0) is 20.8 Å². The van der Waals surface area contributed by atoms with E-state index in [0.717, 1.165) is 36.5 Å². The molecule has 0 fully saturated rings. The van der Waals surface area contributed by atoms with E-state index < -0.39 is 0 Å². The first-order valence-corrected chi connectivity index (χ1v) is 5.73. The van der Waals surface area contributed by atoms with E-state index in [2.05, 4.69) is 40.7 Å². The highest BCUT2D eigenvalue weighted by molar-refractivity contribution is 5.86. The Morgan fingerprint density at radius 3 is 2.56 bits per heavy atom. The Balaban J connectivity index is 2.57. The van der Waals surface area contributed by atoms with Crippen molar-refractivity contribution < 1.29 is 0 Å². The van der Waals surface area contributed by atoms with Crippen molar-refractivity contribution in [2.45, 2.75) is 27.3 Å². The Labute approximate surface area is 95.1 Å². The molecule has 0 aliphatic rings. The second-order valence-corrected chi connectivity index (χ2v) is 3.57. The summed E-state index contributed by atoms with van der Waals surface area (Å²) in [5, 5.41) is 5.35. The molecule has 0 saturated carbocycles. The van der Waals surface area contributed by atoms with Gasteiger partial charge in [-0.1, -0.05) is 0 Å². The van der Waals surface area contributed by atoms with Crippen molar-refractivity contribution in [3.05, 3.63) is 12.5 Å². The van der Waals surface area contributed by atoms with Gasteiger partial charge in [-0.2, -0.15) is 5.10 Å². The summed E-state index contributed by atoms with van der Waals surface area (Å²) in [6.45, 7) is 9.03. The molecule has 0 unspecified atom stereocenters. The molecule has 0 spiro atoms. The number of aromatic nitrogens is 4. The van der Waals surface area contributed by atoms with E-state index in [0.29, 0.717) is 0 Å². The van der Waals surface area contributed by atoms with Gasteiger partial charge in [-0.3, -0.25) is 0 Å². The van der Waals surface area contributed by atoms with Gasteiger partial charge in [0.2, 0.25) is 0 Å². The second kappa shape index (κ2) is 4.47. The van der Waals surface area contributed by atoms with Crippen molar-refractivity contribution in [3.8, 4) is 0 Å². The molecule has 16 heavy (non-hydrogen) atoms. The number of anilines is 1. The van der Waals surface area contributed by atoms with Crippen LogP contribution in [-0.4, -0.2) is 32.8 Å². The Kier molecular flexibility index (Phi) is 3.03. The molecule has 5 nitrogen and oxygen atoms in total. The molecular formula is C11H17N5. The van der Waals surface area contributed by atoms with Crippen molar-refractivity contribution >= 4 is 16.9 Å². The lowest BCUT2D eigenvalue weighted by Gasteiger charge is -2.19. The van der Waals surface area contributed by atoms with Crippen molar-refractivity contribution in [2.24, 2.45) is 0 Å². The fourth-order valence-corrected chi connectivity index (χ4v) is 1.89. The van der Waals surface area contributed by atoms with Crippen LogP contribution >= 0.6 is 0 Å². The summed E-state index contributed by atoms with van der Waals surface area (Å²) in [5.74, 6) is 0.981. The fraction of sp³-hybridized carbons (Fsp3) is 0.545. The zero-order chi connectivity index (χ0) is 11.5. The van der Waals surface area contributed by atoms with Crippen molar-refractivity contribution in [1.29, 1.82) is 0 Å². The van der Waals surface area contributed by atoms with E-state index in [9.17, 15) is 0 Å². The van der Waals surface area contributed by atoms with E-state index in [4.69, 9.17) is 0 Å². The van der Waals surface area contributed by atoms with E-state index in [-0.39, 0.29) is 0 Å². The minimum Gasteiger partial charge on any atom is -0.356 e. The quantitative estimate of drug-likeness (QED) is 0.785. The first-order valence-electron chi connectivity index (χ1n) is 5.73. The molecule has 0 radical (unpaired) electrons. The summed E-state index contributed by atoms with van der Waals surface area (Å²) in [7, 11) is 0. The van der Waals surface area contributed by atoms with Crippen LogP contribution in [0, 0.1) is 0 Å². The number of fused-ring (bicyclic) bond motifs is 1. The highest BCUT2D eigenvalue weighted by atomic mass is 15.3. The summed E-state index contributed by atoms with van der Waals surface area (Å²) in [5.41, 5.74) is 0.916. The molecule has 2 aromatic heterocycles. The maximum atomic E-state index is 4.36. The molecule has 5 heteroatoms. The van der Waals surface area contributed by atoms with Crippen LogP contribution < -0.4 is 4.90 Å². The fourth-order valence-electron chi connectivity index (χ4n) is 1.89. The normalized spacial score (nSPS) is 10.9. The van der Waals surface area contributed by atoms with E-state index in [1.807, 2.05) is 10.9 Å². The number of rotatable bonds is 4. The maximum absolute atomic E-state index is 4.36. The van der Waals surface area contributed by atoms with Crippen LogP contribution in [0.5, 0.6) is 0 Å². The third-order valence-electron chi connectivity index (χ3n) is 2.78. The van der Waals surface area contributed by atoms with Crippen LogP contribution in [0.2, 0.25) is 0 Å². The standard InChI is InChI=1S/C11H17N5/c1-4-15(5-2)10-9-7-14-16(6-3)11(9)13-8-12-10/h7-8H,4-6H2,1-3H3. The van der Waals surface area contributed by atoms with Gasteiger partial charge in [0.05, 0.1) is 11.6 Å². The lowest BCUT2D eigenvalue weighted by atomic mass is 10.3. The summed E-state index contributed by atoms with van der Waals surface area (Å²) in [6.07, 6.45) is 3.47. The zero-order valence-electron chi connectivity index (χ0n) is 10.0. The molecule has 0 N–H and O–H groups in total. The van der Waals surface area contributed by atoms with Crippen molar-refractivity contribution in [3.63, 3.8) is 0 Å². The minimum atomic E-state index is 0.832. The first-order chi connectivity index (χ1) is 7.81. The lowest BCUT2D eigenvalue weighted by molar-refractivity contribution is 0.676. The van der Waals surface area contributed by atoms with Crippen molar-refractivity contribution in [2.75, 3.05) is 18.0 Å². The molecular weight excluding hydrogens is 202 g/mol. The predicted octanol–water partition coefficient (Wildman–Crippen LogP) is 1.69. The summed E-state index contributed by atoms with van der Waals surface area (Å²) in [6, 6.07) is 0. The number of nitrogens with zero attached hydrogens (tertiary/aromatic N) is 5. The number of hydrogen-bond acceptors (Lipinski definition) is 4. The van der Waals surface area contributed by atoms with Gasteiger partial charge < -0.3 is 4.90 Å². The van der Waals surface area contributed by atoms with Crippen LogP contribution in [0.3, 0.4) is 0 Å². The third kappa shape index (κ3) is 1.62. The van der Waals surface area contributed by atoms with Crippen LogP contribution in [-0.2, 0) is 6.54 Å². The molecule has 0 atom stereocenters. The molecule has 2 heterocycles. The van der Waals surface area contributed by atoms with E-state index >= 15 is 0 Å². The summed E-state index contributed by atoms with van der Waals surface area (Å²) < 4.78 is 1.89. The number of hydrogen-bond donors (Lipinski definition) is 0. The van der Waals surface area contributed by atoms with Gasteiger partial charge in [0.25, 0.3) is 0 Å². The number of aryl methyl sites for hydroxylation is 1. The predicted molar refractivity (Wildman–Crippen MR) is 64.6 cm³/mol. The Hall–Kier alpha value is -1.65. The van der Waals surface area contributed by atoms with Crippen molar-refractivity contribution in [1.82, 2.24) is 19.7 Å². The molecule has 0 bridgehead atoms. The van der Waals surface area contributed by atoms with E-state index in [1.165, 1.54) is 0 Å². The smallest absolute Gasteiger partial charge is 0.163 e. The SMILES string of the molecule is CCN(CC)c1ncnc2c1cnn2CC. The zero-order valence-corrected chi connectivity index (χ0v) is 10.0. The van der Waals surface area contributed by atoms with Crippen LogP contribution in [0.15, 0.2) is 12.5 Å². The van der Waals surface area contributed by atoms with Crippen LogP contribution in [0.4, 0.5) is 5.82 Å². The first kappa shape index (κ1) is 10.9. The van der Waals surface area contributed by atoms with E-state index in [1.54, 1.807) is 6.33 Å². The topological polar surface area (TPSA) is 46.8 Å². The van der Waals surface area contributed by atoms with Gasteiger partial charge in [0.1, 0.15) is 12.1 Å². The molecule has 0 aliphatic carbocycles. The van der Waals surface area contributed by atoms with Gasteiger partial charge in [-0.15, -0.1) is 0 Å². The average molecular weight is 219 g/mol. The molecule has 0 aliphatic heterocycles. The highest BCUT2D eigenvalue weighted by Gasteiger charge is 2.12. The Morgan fingerprint density at radius 2 is 1.94 bits per heavy atom. The largest absolute Gasteiger partial charge is 0.356 e. The average Bonchev–Trinajstić information content (AvgIpc) is 2.74. The Bertz CT molecular complexity index is 472. The summed E-state index contributed by atoms with van der Waals surface area (Å²) in [4.78, 5) is 10.9. The Morgan fingerprint density at radius 1 is 1.19 bits per heavy atom. The third-order valence-corrected chi connectivity index (χ3v) is 2.78. The molecule has 2 aromatic rings.